The fourth-order valence-corrected chi connectivity index (χ4v) is 3.43. The molecule has 0 unspecified atom stereocenters. The first-order chi connectivity index (χ1) is 7.59. The Balaban J connectivity index is 2.26. The second-order valence-electron chi connectivity index (χ2n) is 5.41. The molecule has 86 valence electrons. The number of halogens is 1. The van der Waals surface area contributed by atoms with E-state index in [-0.39, 0.29) is 5.41 Å². The molecule has 1 aromatic rings. The summed E-state index contributed by atoms with van der Waals surface area (Å²) in [7, 11) is 0. The third kappa shape index (κ3) is 1.36. The second-order valence-corrected chi connectivity index (χ2v) is 5.82. The molecule has 2 aliphatic rings. The summed E-state index contributed by atoms with van der Waals surface area (Å²) >= 11 is 6.38. The van der Waals surface area contributed by atoms with Crippen LogP contribution in [0.15, 0.2) is 12.1 Å². The zero-order valence-corrected chi connectivity index (χ0v) is 10.6. The van der Waals surface area contributed by atoms with Crippen LogP contribution in [0.5, 0.6) is 0 Å². The van der Waals surface area contributed by atoms with Gasteiger partial charge in [-0.3, -0.25) is 0 Å². The highest BCUT2D eigenvalue weighted by atomic mass is 35.5. The molecule has 3 rings (SSSR count). The lowest BCUT2D eigenvalue weighted by Gasteiger charge is -2.21. The molecule has 0 radical (unpaired) electrons. The van der Waals surface area contributed by atoms with E-state index >= 15 is 0 Å². The van der Waals surface area contributed by atoms with Crippen LogP contribution >= 0.6 is 11.6 Å². The van der Waals surface area contributed by atoms with E-state index in [4.69, 9.17) is 11.6 Å². The number of hydrogen-bond acceptors (Lipinski definition) is 2. The number of hydrogen-bond donors (Lipinski definition) is 1. The normalized spacial score (nSPS) is 21.8. The topological polar surface area (TPSA) is 15.3 Å². The number of benzene rings is 1. The van der Waals surface area contributed by atoms with E-state index in [1.807, 2.05) is 6.07 Å². The molecule has 16 heavy (non-hydrogen) atoms. The van der Waals surface area contributed by atoms with E-state index in [0.717, 1.165) is 31.2 Å². The lowest BCUT2D eigenvalue weighted by Crippen LogP contribution is -2.32. The first-order valence-corrected chi connectivity index (χ1v) is 6.25. The Hall–Kier alpha value is -0.730. The Bertz CT molecular complexity index is 440. The van der Waals surface area contributed by atoms with Crippen LogP contribution in [0, 0.1) is 0 Å². The zero-order chi connectivity index (χ0) is 11.3. The molecule has 2 nitrogen and oxygen atoms in total. The van der Waals surface area contributed by atoms with Gasteiger partial charge in [0.15, 0.2) is 0 Å². The Kier molecular flexibility index (Phi) is 2.20. The molecule has 0 aromatic heterocycles. The van der Waals surface area contributed by atoms with Gasteiger partial charge in [-0.05, 0) is 11.6 Å². The summed E-state index contributed by atoms with van der Waals surface area (Å²) in [5.74, 6) is 0. The van der Waals surface area contributed by atoms with Crippen molar-refractivity contribution in [3.8, 4) is 0 Å². The molecule has 1 aromatic carbocycles. The number of nitrogens with one attached hydrogen (secondary N) is 1. The van der Waals surface area contributed by atoms with Gasteiger partial charge in [0.1, 0.15) is 0 Å². The maximum Gasteiger partial charge on any atom is 0.0466 e. The average Bonchev–Trinajstić information content (AvgIpc) is 2.38. The van der Waals surface area contributed by atoms with Crippen LogP contribution in [0.2, 0.25) is 5.02 Å². The summed E-state index contributed by atoms with van der Waals surface area (Å²) in [6.45, 7) is 8.77. The van der Waals surface area contributed by atoms with Gasteiger partial charge < -0.3 is 10.2 Å². The third-order valence-corrected chi connectivity index (χ3v) is 3.98. The van der Waals surface area contributed by atoms with Crippen LogP contribution < -0.4 is 10.2 Å². The summed E-state index contributed by atoms with van der Waals surface area (Å²) in [6, 6.07) is 4.21. The van der Waals surface area contributed by atoms with E-state index in [1.54, 1.807) is 0 Å². The molecule has 0 aliphatic carbocycles. The Morgan fingerprint density at radius 3 is 3.00 bits per heavy atom. The molecular formula is C13H17ClN2. The summed E-state index contributed by atoms with van der Waals surface area (Å²) < 4.78 is 0. The van der Waals surface area contributed by atoms with Crippen molar-refractivity contribution in [3.05, 3.63) is 28.3 Å². The summed E-state index contributed by atoms with van der Waals surface area (Å²) in [5.41, 5.74) is 4.31. The lowest BCUT2D eigenvalue weighted by molar-refractivity contribution is 0.545. The second kappa shape index (κ2) is 3.38. The van der Waals surface area contributed by atoms with Gasteiger partial charge >= 0.3 is 0 Å². The van der Waals surface area contributed by atoms with Crippen molar-refractivity contribution in [2.24, 2.45) is 0 Å². The summed E-state index contributed by atoms with van der Waals surface area (Å²) in [4.78, 5) is 2.48. The molecule has 0 fully saturated rings. The molecule has 0 spiro atoms. The summed E-state index contributed by atoms with van der Waals surface area (Å²) in [5, 5.41) is 4.38. The summed E-state index contributed by atoms with van der Waals surface area (Å²) in [6.07, 6.45) is 0. The van der Waals surface area contributed by atoms with Gasteiger partial charge in [-0.1, -0.05) is 31.5 Å². The molecule has 0 atom stereocenters. The van der Waals surface area contributed by atoms with E-state index in [0.29, 0.717) is 0 Å². The quantitative estimate of drug-likeness (QED) is 0.745. The highest BCUT2D eigenvalue weighted by Gasteiger charge is 2.38. The molecule has 0 saturated carbocycles. The Labute approximate surface area is 102 Å². The molecule has 3 heteroatoms. The number of nitrogens with zero attached hydrogens (tertiary/aromatic N) is 1. The van der Waals surface area contributed by atoms with Crippen molar-refractivity contribution in [3.63, 3.8) is 0 Å². The lowest BCUT2D eigenvalue weighted by atomic mass is 9.86. The maximum atomic E-state index is 6.38. The van der Waals surface area contributed by atoms with Gasteiger partial charge in [-0.15, -0.1) is 0 Å². The number of anilines is 1. The molecule has 2 heterocycles. The van der Waals surface area contributed by atoms with Crippen molar-refractivity contribution in [2.45, 2.75) is 25.8 Å². The van der Waals surface area contributed by atoms with Gasteiger partial charge in [0.25, 0.3) is 0 Å². The highest BCUT2D eigenvalue weighted by Crippen LogP contribution is 2.46. The van der Waals surface area contributed by atoms with Crippen LogP contribution in [0.1, 0.15) is 25.0 Å². The van der Waals surface area contributed by atoms with Crippen molar-refractivity contribution in [1.29, 1.82) is 0 Å². The van der Waals surface area contributed by atoms with E-state index in [9.17, 15) is 0 Å². The van der Waals surface area contributed by atoms with E-state index in [2.05, 4.69) is 30.1 Å². The van der Waals surface area contributed by atoms with Crippen LogP contribution in [0.4, 0.5) is 5.69 Å². The fourth-order valence-electron chi connectivity index (χ4n) is 3.02. The standard InChI is InChI=1S/C13H17ClN2/c1-13(2)8-16-6-5-15-7-9-3-4-10(14)11(13)12(9)16/h3-4,15H,5-8H2,1-2H3. The van der Waals surface area contributed by atoms with Crippen molar-refractivity contribution < 1.29 is 0 Å². The monoisotopic (exact) mass is 236 g/mol. The van der Waals surface area contributed by atoms with Gasteiger partial charge in [0.05, 0.1) is 0 Å². The SMILES string of the molecule is CC1(C)CN2CCNCc3ccc(Cl)c1c32. The Morgan fingerprint density at radius 2 is 2.19 bits per heavy atom. The number of rotatable bonds is 0. The minimum atomic E-state index is 0.180. The maximum absolute atomic E-state index is 6.38. The van der Waals surface area contributed by atoms with Crippen molar-refractivity contribution in [2.75, 3.05) is 24.5 Å². The third-order valence-electron chi connectivity index (χ3n) is 3.66. The first kappa shape index (κ1) is 10.4. The molecular weight excluding hydrogens is 220 g/mol. The van der Waals surface area contributed by atoms with Gasteiger partial charge in [-0.2, -0.15) is 0 Å². The first-order valence-electron chi connectivity index (χ1n) is 5.87. The van der Waals surface area contributed by atoms with Crippen molar-refractivity contribution in [1.82, 2.24) is 5.32 Å². The van der Waals surface area contributed by atoms with E-state index < -0.39 is 0 Å². The minimum Gasteiger partial charge on any atom is -0.369 e. The highest BCUT2D eigenvalue weighted by molar-refractivity contribution is 6.32. The van der Waals surface area contributed by atoms with Gasteiger partial charge in [0.2, 0.25) is 0 Å². The average molecular weight is 237 g/mol. The molecule has 1 N–H and O–H groups in total. The van der Waals surface area contributed by atoms with Crippen molar-refractivity contribution >= 4 is 17.3 Å². The van der Waals surface area contributed by atoms with Crippen LogP contribution in [0.3, 0.4) is 0 Å². The largest absolute Gasteiger partial charge is 0.369 e. The van der Waals surface area contributed by atoms with E-state index in [1.165, 1.54) is 16.8 Å². The minimum absolute atomic E-state index is 0.180. The predicted molar refractivity (Wildman–Crippen MR) is 68.4 cm³/mol. The smallest absolute Gasteiger partial charge is 0.0466 e. The molecule has 0 bridgehead atoms. The molecule has 2 aliphatic heterocycles. The van der Waals surface area contributed by atoms with Gasteiger partial charge in [-0.25, -0.2) is 0 Å². The van der Waals surface area contributed by atoms with Crippen LogP contribution in [-0.2, 0) is 12.0 Å². The van der Waals surface area contributed by atoms with Crippen LogP contribution in [0.25, 0.3) is 0 Å². The van der Waals surface area contributed by atoms with Crippen LogP contribution in [-0.4, -0.2) is 19.6 Å². The molecule has 0 amide bonds. The zero-order valence-electron chi connectivity index (χ0n) is 9.81. The molecule has 0 saturated heterocycles. The predicted octanol–water partition coefficient (Wildman–Crippen LogP) is 2.54. The Morgan fingerprint density at radius 1 is 1.38 bits per heavy atom. The fraction of sp³-hybridized carbons (Fsp3) is 0.538. The van der Waals surface area contributed by atoms with Gasteiger partial charge in [0, 0.05) is 47.9 Å².